The van der Waals surface area contributed by atoms with Gasteiger partial charge in [-0.3, -0.25) is 0 Å². The van der Waals surface area contributed by atoms with E-state index >= 15 is 0 Å². The zero-order valence-corrected chi connectivity index (χ0v) is 10.2. The van der Waals surface area contributed by atoms with Crippen molar-refractivity contribution in [1.29, 1.82) is 0 Å². The molecule has 2 aliphatic rings. The van der Waals surface area contributed by atoms with Crippen LogP contribution in [-0.4, -0.2) is 32.0 Å². The van der Waals surface area contributed by atoms with E-state index in [0.717, 1.165) is 12.3 Å². The van der Waals surface area contributed by atoms with E-state index in [0.29, 0.717) is 17.5 Å². The van der Waals surface area contributed by atoms with Crippen LogP contribution in [0.3, 0.4) is 0 Å². The molecule has 0 aromatic carbocycles. The molecule has 2 rings (SSSR count). The summed E-state index contributed by atoms with van der Waals surface area (Å²) in [5.74, 6) is 1.52. The van der Waals surface area contributed by atoms with Crippen LogP contribution in [0, 0.1) is 5.92 Å². The zero-order chi connectivity index (χ0) is 10.9. The van der Waals surface area contributed by atoms with Gasteiger partial charge in [0.15, 0.2) is 9.84 Å². The minimum atomic E-state index is -2.72. The Morgan fingerprint density at radius 1 is 1.27 bits per heavy atom. The van der Waals surface area contributed by atoms with Crippen LogP contribution in [0.4, 0.5) is 0 Å². The van der Waals surface area contributed by atoms with Gasteiger partial charge in [-0.15, -0.1) is 0 Å². The van der Waals surface area contributed by atoms with Crippen molar-refractivity contribution in [2.24, 2.45) is 5.92 Å². The third-order valence-electron chi connectivity index (χ3n) is 3.87. The predicted molar refractivity (Wildman–Crippen MR) is 61.6 cm³/mol. The molecule has 0 spiro atoms. The lowest BCUT2D eigenvalue weighted by Gasteiger charge is -2.23. The predicted octanol–water partition coefficient (Wildman–Crippen LogP) is 1.34. The third-order valence-corrected chi connectivity index (χ3v) is 5.63. The highest BCUT2D eigenvalue weighted by atomic mass is 32.2. The van der Waals surface area contributed by atoms with E-state index < -0.39 is 9.84 Å². The summed E-state index contributed by atoms with van der Waals surface area (Å²) in [4.78, 5) is 0. The molecule has 3 atom stereocenters. The average Bonchev–Trinajstić information content (AvgIpc) is 2.73. The molecule has 0 bridgehead atoms. The molecular formula is C11H21NO2S. The van der Waals surface area contributed by atoms with Crippen molar-refractivity contribution >= 4 is 9.84 Å². The van der Waals surface area contributed by atoms with Gasteiger partial charge in [0.1, 0.15) is 0 Å². The number of hydrogen-bond donors (Lipinski definition) is 1. The van der Waals surface area contributed by atoms with Gasteiger partial charge < -0.3 is 5.32 Å². The second-order valence-electron chi connectivity index (χ2n) is 4.97. The van der Waals surface area contributed by atoms with Crippen molar-refractivity contribution in [3.63, 3.8) is 0 Å². The second-order valence-corrected chi connectivity index (χ2v) is 7.20. The van der Waals surface area contributed by atoms with Crippen molar-refractivity contribution in [3.8, 4) is 0 Å². The molecule has 0 radical (unpaired) electrons. The van der Waals surface area contributed by atoms with Crippen molar-refractivity contribution in [2.45, 2.75) is 51.1 Å². The van der Waals surface area contributed by atoms with Crippen molar-refractivity contribution in [3.05, 3.63) is 0 Å². The lowest BCUT2D eigenvalue weighted by molar-refractivity contribution is 0.359. The molecule has 4 heteroatoms. The van der Waals surface area contributed by atoms with Crippen LogP contribution in [-0.2, 0) is 9.84 Å². The van der Waals surface area contributed by atoms with Crippen LogP contribution in [0.25, 0.3) is 0 Å². The minimum Gasteiger partial charge on any atom is -0.310 e. The SMILES string of the molecule is CCC1CCCC1NC1CCS(=O)(=O)C1. The molecule has 1 saturated heterocycles. The van der Waals surface area contributed by atoms with Crippen LogP contribution < -0.4 is 5.32 Å². The smallest absolute Gasteiger partial charge is 0.151 e. The third kappa shape index (κ3) is 2.72. The van der Waals surface area contributed by atoms with Gasteiger partial charge in [0.25, 0.3) is 0 Å². The average molecular weight is 231 g/mol. The highest BCUT2D eigenvalue weighted by molar-refractivity contribution is 7.91. The Hall–Kier alpha value is -0.0900. The Labute approximate surface area is 92.6 Å². The molecule has 0 amide bonds. The molecular weight excluding hydrogens is 210 g/mol. The van der Waals surface area contributed by atoms with Crippen LogP contribution in [0.1, 0.15) is 39.0 Å². The molecule has 0 aromatic rings. The fourth-order valence-corrected chi connectivity index (χ4v) is 4.66. The number of rotatable bonds is 3. The Kier molecular flexibility index (Phi) is 3.36. The number of sulfone groups is 1. The van der Waals surface area contributed by atoms with E-state index in [2.05, 4.69) is 12.2 Å². The monoisotopic (exact) mass is 231 g/mol. The van der Waals surface area contributed by atoms with E-state index in [1.807, 2.05) is 0 Å². The lowest BCUT2D eigenvalue weighted by Crippen LogP contribution is -2.40. The topological polar surface area (TPSA) is 46.2 Å². The zero-order valence-electron chi connectivity index (χ0n) is 9.41. The normalized spacial score (nSPS) is 39.7. The second kappa shape index (κ2) is 4.42. The summed E-state index contributed by atoms with van der Waals surface area (Å²) in [7, 11) is -2.72. The molecule has 1 aliphatic carbocycles. The largest absolute Gasteiger partial charge is 0.310 e. The van der Waals surface area contributed by atoms with Crippen LogP contribution in [0.15, 0.2) is 0 Å². The van der Waals surface area contributed by atoms with Gasteiger partial charge >= 0.3 is 0 Å². The minimum absolute atomic E-state index is 0.229. The van der Waals surface area contributed by atoms with Gasteiger partial charge in [-0.1, -0.05) is 19.8 Å². The lowest BCUT2D eigenvalue weighted by atomic mass is 10.00. The standard InChI is InChI=1S/C11H21NO2S/c1-2-9-4-3-5-11(9)12-10-6-7-15(13,14)8-10/h9-12H,2-8H2,1H3. The summed E-state index contributed by atoms with van der Waals surface area (Å²) in [6, 6.07) is 0.806. The molecule has 0 aromatic heterocycles. The maximum atomic E-state index is 11.3. The Bertz CT molecular complexity index is 313. The van der Waals surface area contributed by atoms with Gasteiger partial charge in [-0.25, -0.2) is 8.42 Å². The van der Waals surface area contributed by atoms with Crippen molar-refractivity contribution in [2.75, 3.05) is 11.5 Å². The molecule has 3 nitrogen and oxygen atoms in total. The first-order chi connectivity index (χ1) is 7.11. The summed E-state index contributed by atoms with van der Waals surface area (Å²) >= 11 is 0. The summed E-state index contributed by atoms with van der Waals surface area (Å²) in [5, 5.41) is 3.56. The number of hydrogen-bond acceptors (Lipinski definition) is 3. The van der Waals surface area contributed by atoms with E-state index in [-0.39, 0.29) is 6.04 Å². The summed E-state index contributed by atoms with van der Waals surface area (Å²) in [6.45, 7) is 2.23. The maximum Gasteiger partial charge on any atom is 0.151 e. The molecule has 3 unspecified atom stereocenters. The quantitative estimate of drug-likeness (QED) is 0.797. The fourth-order valence-electron chi connectivity index (χ4n) is 2.97. The van der Waals surface area contributed by atoms with Crippen LogP contribution in [0.5, 0.6) is 0 Å². The number of nitrogens with one attached hydrogen (secondary N) is 1. The van der Waals surface area contributed by atoms with Gasteiger partial charge in [-0.05, 0) is 25.2 Å². The van der Waals surface area contributed by atoms with E-state index in [9.17, 15) is 8.42 Å². The van der Waals surface area contributed by atoms with Crippen molar-refractivity contribution < 1.29 is 8.42 Å². The maximum absolute atomic E-state index is 11.3. The van der Waals surface area contributed by atoms with Gasteiger partial charge in [-0.2, -0.15) is 0 Å². The van der Waals surface area contributed by atoms with Crippen LogP contribution in [0.2, 0.25) is 0 Å². The molecule has 1 saturated carbocycles. The Morgan fingerprint density at radius 3 is 2.67 bits per heavy atom. The highest BCUT2D eigenvalue weighted by Crippen LogP contribution is 2.29. The van der Waals surface area contributed by atoms with Gasteiger partial charge in [0.2, 0.25) is 0 Å². The van der Waals surface area contributed by atoms with E-state index in [1.54, 1.807) is 0 Å². The first kappa shape index (κ1) is 11.4. The Balaban J connectivity index is 1.87. The molecule has 15 heavy (non-hydrogen) atoms. The summed E-state index contributed by atoms with van der Waals surface area (Å²) in [5.41, 5.74) is 0. The van der Waals surface area contributed by atoms with Gasteiger partial charge in [0, 0.05) is 12.1 Å². The highest BCUT2D eigenvalue weighted by Gasteiger charge is 2.33. The summed E-state index contributed by atoms with van der Waals surface area (Å²) in [6.07, 6.45) is 5.88. The molecule has 1 aliphatic heterocycles. The molecule has 2 fully saturated rings. The molecule has 1 N–H and O–H groups in total. The molecule has 88 valence electrons. The van der Waals surface area contributed by atoms with Crippen LogP contribution >= 0.6 is 0 Å². The fraction of sp³-hybridized carbons (Fsp3) is 1.00. The first-order valence-electron chi connectivity index (χ1n) is 6.07. The van der Waals surface area contributed by atoms with Gasteiger partial charge in [0.05, 0.1) is 11.5 Å². The Morgan fingerprint density at radius 2 is 2.07 bits per heavy atom. The first-order valence-corrected chi connectivity index (χ1v) is 7.89. The van der Waals surface area contributed by atoms with E-state index in [1.165, 1.54) is 25.7 Å². The van der Waals surface area contributed by atoms with Crippen molar-refractivity contribution in [1.82, 2.24) is 5.32 Å². The van der Waals surface area contributed by atoms with E-state index in [4.69, 9.17) is 0 Å². The summed E-state index contributed by atoms with van der Waals surface area (Å²) < 4.78 is 22.7. The molecule has 1 heterocycles.